The Morgan fingerprint density at radius 1 is 1.07 bits per heavy atom. The van der Waals surface area contributed by atoms with E-state index in [-0.39, 0.29) is 0 Å². The van der Waals surface area contributed by atoms with Gasteiger partial charge in [0.05, 0.1) is 5.69 Å². The summed E-state index contributed by atoms with van der Waals surface area (Å²) in [6, 6.07) is 2.04. The Morgan fingerprint density at radius 2 is 1.67 bits per heavy atom. The van der Waals surface area contributed by atoms with E-state index < -0.39 is 0 Å². The minimum Gasteiger partial charge on any atom is -0.234 e. The van der Waals surface area contributed by atoms with Crippen LogP contribution in [0.25, 0.3) is 5.65 Å². The fraction of sp³-hybridized carbons (Fsp3) is 0.500. The van der Waals surface area contributed by atoms with E-state index in [2.05, 4.69) is 17.0 Å². The van der Waals surface area contributed by atoms with E-state index in [9.17, 15) is 0 Å². The normalized spacial score (nSPS) is 10.0. The molecule has 3 heteroatoms. The minimum atomic E-state index is 0.981. The molecular formula is C12H19N3. The van der Waals surface area contributed by atoms with Crippen molar-refractivity contribution in [1.29, 1.82) is 0 Å². The number of hydrogen-bond donors (Lipinski definition) is 0. The number of aromatic nitrogens is 3. The highest BCUT2D eigenvalue weighted by atomic mass is 15.3. The SMILES string of the molecule is CC.Cc1cc(C)n2nc(C)c(C)c2n1. The Bertz CT molecular complexity index is 469. The van der Waals surface area contributed by atoms with Crippen molar-refractivity contribution in [3.63, 3.8) is 0 Å². The van der Waals surface area contributed by atoms with E-state index in [1.165, 1.54) is 5.56 Å². The first kappa shape index (κ1) is 11.7. The second-order valence-corrected chi connectivity index (χ2v) is 3.48. The third kappa shape index (κ3) is 2.01. The van der Waals surface area contributed by atoms with Gasteiger partial charge in [-0.2, -0.15) is 5.10 Å². The number of aryl methyl sites for hydroxylation is 4. The van der Waals surface area contributed by atoms with Gasteiger partial charge in [0, 0.05) is 17.0 Å². The Morgan fingerprint density at radius 3 is 2.27 bits per heavy atom. The highest BCUT2D eigenvalue weighted by Gasteiger charge is 2.07. The van der Waals surface area contributed by atoms with Crippen LogP contribution in [-0.2, 0) is 0 Å². The summed E-state index contributed by atoms with van der Waals surface area (Å²) in [6.07, 6.45) is 0. The number of nitrogens with zero attached hydrogens (tertiary/aromatic N) is 3. The van der Waals surface area contributed by atoms with Crippen LogP contribution in [0.2, 0.25) is 0 Å². The molecule has 0 spiro atoms. The summed E-state index contributed by atoms with van der Waals surface area (Å²) in [6.45, 7) is 12.1. The van der Waals surface area contributed by atoms with Gasteiger partial charge in [0.25, 0.3) is 0 Å². The van der Waals surface area contributed by atoms with E-state index in [0.29, 0.717) is 0 Å². The average molecular weight is 205 g/mol. The Labute approximate surface area is 91.2 Å². The summed E-state index contributed by atoms with van der Waals surface area (Å²) >= 11 is 0. The summed E-state index contributed by atoms with van der Waals surface area (Å²) in [5.74, 6) is 0. The molecule has 0 amide bonds. The number of fused-ring (bicyclic) bond motifs is 1. The van der Waals surface area contributed by atoms with Crippen LogP contribution >= 0.6 is 0 Å². The third-order valence-electron chi connectivity index (χ3n) is 2.36. The molecule has 0 saturated heterocycles. The highest BCUT2D eigenvalue weighted by Crippen LogP contribution is 2.13. The molecule has 2 aromatic rings. The van der Waals surface area contributed by atoms with Crippen LogP contribution in [0.1, 0.15) is 36.5 Å². The van der Waals surface area contributed by atoms with E-state index in [1.54, 1.807) is 0 Å². The number of rotatable bonds is 0. The van der Waals surface area contributed by atoms with Crippen LogP contribution in [0.3, 0.4) is 0 Å². The van der Waals surface area contributed by atoms with E-state index in [4.69, 9.17) is 0 Å². The fourth-order valence-electron chi connectivity index (χ4n) is 1.53. The molecule has 0 aromatic carbocycles. The molecular weight excluding hydrogens is 186 g/mol. The summed E-state index contributed by atoms with van der Waals surface area (Å²) in [5.41, 5.74) is 5.40. The molecule has 0 aliphatic heterocycles. The Kier molecular flexibility index (Phi) is 3.45. The smallest absolute Gasteiger partial charge is 0.158 e. The second-order valence-electron chi connectivity index (χ2n) is 3.48. The molecule has 2 heterocycles. The monoisotopic (exact) mass is 205 g/mol. The van der Waals surface area contributed by atoms with Gasteiger partial charge in [0.15, 0.2) is 5.65 Å². The summed E-state index contributed by atoms with van der Waals surface area (Å²) in [4.78, 5) is 4.46. The first-order valence-corrected chi connectivity index (χ1v) is 5.40. The lowest BCUT2D eigenvalue weighted by atomic mass is 10.3. The standard InChI is InChI=1S/C10H13N3.C2H6/c1-6-5-7(2)13-10(11-6)8(3)9(4)12-13;1-2/h5H,1-4H3;1-2H3. The zero-order valence-electron chi connectivity index (χ0n) is 10.4. The maximum Gasteiger partial charge on any atom is 0.158 e. The summed E-state index contributed by atoms with van der Waals surface area (Å²) in [7, 11) is 0. The van der Waals surface area contributed by atoms with Crippen LogP contribution in [0.15, 0.2) is 6.07 Å². The molecule has 0 bridgehead atoms. The van der Waals surface area contributed by atoms with Gasteiger partial charge >= 0.3 is 0 Å². The molecule has 0 N–H and O–H groups in total. The molecule has 0 aliphatic carbocycles. The molecule has 0 radical (unpaired) electrons. The van der Waals surface area contributed by atoms with Crippen LogP contribution in [-0.4, -0.2) is 14.6 Å². The van der Waals surface area contributed by atoms with E-state index >= 15 is 0 Å². The van der Waals surface area contributed by atoms with E-state index in [1.807, 2.05) is 45.2 Å². The van der Waals surface area contributed by atoms with Gasteiger partial charge in [0.1, 0.15) is 0 Å². The molecule has 2 rings (SSSR count). The first-order valence-electron chi connectivity index (χ1n) is 5.40. The molecule has 15 heavy (non-hydrogen) atoms. The lowest BCUT2D eigenvalue weighted by molar-refractivity contribution is 0.870. The number of hydrogen-bond acceptors (Lipinski definition) is 2. The van der Waals surface area contributed by atoms with Gasteiger partial charge in [-0.05, 0) is 33.8 Å². The van der Waals surface area contributed by atoms with Gasteiger partial charge < -0.3 is 0 Å². The summed E-state index contributed by atoms with van der Waals surface area (Å²) < 4.78 is 1.90. The summed E-state index contributed by atoms with van der Waals surface area (Å²) in [5, 5.41) is 4.41. The molecule has 2 aromatic heterocycles. The molecule has 0 atom stereocenters. The largest absolute Gasteiger partial charge is 0.234 e. The van der Waals surface area contributed by atoms with Gasteiger partial charge in [0.2, 0.25) is 0 Å². The van der Waals surface area contributed by atoms with E-state index in [0.717, 1.165) is 22.7 Å². The lowest BCUT2D eigenvalue weighted by Gasteiger charge is -1.99. The molecule has 3 nitrogen and oxygen atoms in total. The van der Waals surface area contributed by atoms with Crippen molar-refractivity contribution in [1.82, 2.24) is 14.6 Å². The zero-order valence-corrected chi connectivity index (χ0v) is 10.4. The molecule has 0 saturated carbocycles. The quantitative estimate of drug-likeness (QED) is 0.662. The van der Waals surface area contributed by atoms with Gasteiger partial charge in [-0.3, -0.25) is 0 Å². The predicted octanol–water partition coefficient (Wildman–Crippen LogP) is 2.99. The van der Waals surface area contributed by atoms with Gasteiger partial charge in [-0.25, -0.2) is 9.50 Å². The maximum absolute atomic E-state index is 4.46. The lowest BCUT2D eigenvalue weighted by Crippen LogP contribution is -1.97. The van der Waals surface area contributed by atoms with Crippen molar-refractivity contribution in [2.45, 2.75) is 41.5 Å². The second kappa shape index (κ2) is 4.43. The first-order chi connectivity index (χ1) is 7.09. The van der Waals surface area contributed by atoms with Crippen molar-refractivity contribution in [3.05, 3.63) is 28.7 Å². The predicted molar refractivity (Wildman–Crippen MR) is 63.3 cm³/mol. The van der Waals surface area contributed by atoms with Crippen LogP contribution in [0, 0.1) is 27.7 Å². The van der Waals surface area contributed by atoms with Crippen molar-refractivity contribution >= 4 is 5.65 Å². The van der Waals surface area contributed by atoms with Gasteiger partial charge in [-0.1, -0.05) is 13.8 Å². The van der Waals surface area contributed by atoms with Crippen molar-refractivity contribution in [2.75, 3.05) is 0 Å². The molecule has 82 valence electrons. The maximum atomic E-state index is 4.46. The average Bonchev–Trinajstić information content (AvgIpc) is 2.49. The fourth-order valence-corrected chi connectivity index (χ4v) is 1.53. The van der Waals surface area contributed by atoms with Crippen molar-refractivity contribution in [3.8, 4) is 0 Å². The van der Waals surface area contributed by atoms with Crippen LogP contribution in [0.4, 0.5) is 0 Å². The zero-order chi connectivity index (χ0) is 11.6. The third-order valence-corrected chi connectivity index (χ3v) is 2.36. The molecule has 0 fully saturated rings. The van der Waals surface area contributed by atoms with Crippen molar-refractivity contribution in [2.24, 2.45) is 0 Å². The minimum absolute atomic E-state index is 0.981. The van der Waals surface area contributed by atoms with Crippen LogP contribution < -0.4 is 0 Å². The Hall–Kier alpha value is -1.38. The highest BCUT2D eigenvalue weighted by molar-refractivity contribution is 5.50. The van der Waals surface area contributed by atoms with Crippen LogP contribution in [0.5, 0.6) is 0 Å². The molecule has 0 aliphatic rings. The Balaban J connectivity index is 0.000000531. The van der Waals surface area contributed by atoms with Crippen molar-refractivity contribution < 1.29 is 0 Å². The molecule has 0 unspecified atom stereocenters. The topological polar surface area (TPSA) is 30.2 Å². The van der Waals surface area contributed by atoms with Gasteiger partial charge in [-0.15, -0.1) is 0 Å².